The summed E-state index contributed by atoms with van der Waals surface area (Å²) in [5.41, 5.74) is 4.08. The van der Waals surface area contributed by atoms with Gasteiger partial charge in [0.2, 0.25) is 5.95 Å². The minimum atomic E-state index is -2.70. The van der Waals surface area contributed by atoms with Crippen molar-refractivity contribution in [3.05, 3.63) is 101 Å². The van der Waals surface area contributed by atoms with Crippen molar-refractivity contribution in [2.24, 2.45) is 0 Å². The molecular formula is C28H25F3N4O. The van der Waals surface area contributed by atoms with E-state index >= 15 is 0 Å². The summed E-state index contributed by atoms with van der Waals surface area (Å²) in [4.78, 5) is 6.18. The van der Waals surface area contributed by atoms with Crippen molar-refractivity contribution in [3.8, 4) is 5.75 Å². The molecule has 0 spiro atoms. The Labute approximate surface area is 207 Å². The predicted octanol–water partition coefficient (Wildman–Crippen LogP) is 6.37. The van der Waals surface area contributed by atoms with Gasteiger partial charge < -0.3 is 9.64 Å². The average molecular weight is 491 g/mol. The molecule has 1 aromatic heterocycles. The van der Waals surface area contributed by atoms with Crippen LogP contribution in [0.1, 0.15) is 30.2 Å². The monoisotopic (exact) mass is 490 g/mol. The molecule has 0 atom stereocenters. The number of fused-ring (bicyclic) bond motifs is 1. The van der Waals surface area contributed by atoms with Gasteiger partial charge in [-0.2, -0.15) is 8.78 Å². The number of allylic oxidation sites excluding steroid dienone is 1. The quantitative estimate of drug-likeness (QED) is 0.231. The van der Waals surface area contributed by atoms with Gasteiger partial charge in [0, 0.05) is 11.1 Å². The topological polar surface area (TPSA) is 54.1 Å². The van der Waals surface area contributed by atoms with Crippen LogP contribution in [0.25, 0.3) is 11.0 Å². The van der Waals surface area contributed by atoms with Crippen LogP contribution in [0.2, 0.25) is 0 Å². The molecule has 1 fully saturated rings. The van der Waals surface area contributed by atoms with E-state index in [-0.39, 0.29) is 17.8 Å². The molecule has 0 radical (unpaired) electrons. The van der Waals surface area contributed by atoms with Crippen LogP contribution in [0.3, 0.4) is 0 Å². The maximum atomic E-state index is 13.8. The first kappa shape index (κ1) is 23.7. The van der Waals surface area contributed by atoms with Crippen molar-refractivity contribution in [1.82, 2.24) is 9.55 Å². The van der Waals surface area contributed by atoms with E-state index in [4.69, 9.17) is 10.1 Å². The standard InChI is InChI=1S/C28H25F3N4O/c1-17(2)12-19-14-21(10-11-23(19)26(32)18-6-5-7-20(29)13-18)36-22-15-34(16-22)28-33-24-8-3-4-9-25(24)35(28)27(30)31/h3-11,13-14,22,27,32H,1,12,15-16H2,2H3. The maximum absolute atomic E-state index is 13.8. The van der Waals surface area contributed by atoms with Crippen LogP contribution in [0.4, 0.5) is 19.1 Å². The van der Waals surface area contributed by atoms with Crippen LogP contribution in [0.5, 0.6) is 5.75 Å². The number of halogens is 3. The summed E-state index contributed by atoms with van der Waals surface area (Å²) in [7, 11) is 0. The normalized spacial score (nSPS) is 13.8. The second kappa shape index (κ2) is 9.53. The smallest absolute Gasteiger partial charge is 0.321 e. The molecule has 2 heterocycles. The highest BCUT2D eigenvalue weighted by Crippen LogP contribution is 2.32. The Kier molecular flexibility index (Phi) is 6.26. The minimum Gasteiger partial charge on any atom is -0.487 e. The summed E-state index contributed by atoms with van der Waals surface area (Å²) in [6.45, 7) is 4.05. The van der Waals surface area contributed by atoms with Gasteiger partial charge in [-0.05, 0) is 61.4 Å². The van der Waals surface area contributed by atoms with Crippen LogP contribution < -0.4 is 9.64 Å². The van der Waals surface area contributed by atoms with Crippen molar-refractivity contribution < 1.29 is 17.9 Å². The Hall–Kier alpha value is -4.07. The second-order valence-corrected chi connectivity index (χ2v) is 9.03. The zero-order valence-corrected chi connectivity index (χ0v) is 19.7. The first-order valence-corrected chi connectivity index (χ1v) is 11.6. The highest BCUT2D eigenvalue weighted by Gasteiger charge is 2.34. The van der Waals surface area contributed by atoms with Gasteiger partial charge in [0.1, 0.15) is 17.7 Å². The molecule has 1 N–H and O–H groups in total. The number of hydrogen-bond donors (Lipinski definition) is 1. The van der Waals surface area contributed by atoms with E-state index in [1.165, 1.54) is 12.1 Å². The number of imidazole rings is 1. The molecular weight excluding hydrogens is 465 g/mol. The van der Waals surface area contributed by atoms with Crippen LogP contribution in [-0.4, -0.2) is 34.5 Å². The van der Waals surface area contributed by atoms with Gasteiger partial charge in [-0.25, -0.2) is 9.37 Å². The third-order valence-corrected chi connectivity index (χ3v) is 6.16. The summed E-state index contributed by atoms with van der Waals surface area (Å²) in [5.74, 6) is 0.454. The van der Waals surface area contributed by atoms with Crippen LogP contribution in [0, 0.1) is 11.2 Å². The molecule has 0 amide bonds. The maximum Gasteiger partial charge on any atom is 0.321 e. The predicted molar refractivity (Wildman–Crippen MR) is 135 cm³/mol. The molecule has 8 heteroatoms. The van der Waals surface area contributed by atoms with Crippen molar-refractivity contribution in [1.29, 1.82) is 5.41 Å². The average Bonchev–Trinajstić information content (AvgIpc) is 3.19. The van der Waals surface area contributed by atoms with Gasteiger partial charge in [0.05, 0.1) is 29.8 Å². The fourth-order valence-electron chi connectivity index (χ4n) is 4.47. The van der Waals surface area contributed by atoms with E-state index < -0.39 is 12.4 Å². The third kappa shape index (κ3) is 4.58. The molecule has 184 valence electrons. The van der Waals surface area contributed by atoms with Gasteiger partial charge in [-0.15, -0.1) is 0 Å². The fourth-order valence-corrected chi connectivity index (χ4v) is 4.47. The number of para-hydroxylation sites is 2. The third-order valence-electron chi connectivity index (χ3n) is 6.16. The number of benzene rings is 3. The Balaban J connectivity index is 1.33. The van der Waals surface area contributed by atoms with Crippen LogP contribution in [0.15, 0.2) is 78.9 Å². The van der Waals surface area contributed by atoms with E-state index in [9.17, 15) is 13.2 Å². The molecule has 0 unspecified atom stereocenters. The molecule has 36 heavy (non-hydrogen) atoms. The number of nitrogens with one attached hydrogen (secondary N) is 1. The van der Waals surface area contributed by atoms with Gasteiger partial charge in [-0.3, -0.25) is 9.98 Å². The molecule has 1 aliphatic heterocycles. The SMILES string of the molecule is C=C(C)Cc1cc(OC2CN(c3nc4ccccc4n3C(F)F)C2)ccc1C(=N)c1cccc(F)c1. The van der Waals surface area contributed by atoms with Crippen molar-refractivity contribution in [2.75, 3.05) is 18.0 Å². The zero-order chi connectivity index (χ0) is 25.4. The Morgan fingerprint density at radius 2 is 1.89 bits per heavy atom. The van der Waals surface area contributed by atoms with E-state index in [1.807, 2.05) is 13.0 Å². The van der Waals surface area contributed by atoms with Crippen molar-refractivity contribution >= 4 is 22.7 Å². The summed E-state index contributed by atoms with van der Waals surface area (Å²) < 4.78 is 48.3. The number of ether oxygens (including phenoxy) is 1. The Morgan fingerprint density at radius 1 is 1.11 bits per heavy atom. The highest BCUT2D eigenvalue weighted by molar-refractivity contribution is 6.11. The second-order valence-electron chi connectivity index (χ2n) is 9.03. The zero-order valence-electron chi connectivity index (χ0n) is 19.7. The van der Waals surface area contributed by atoms with Gasteiger partial charge in [0.25, 0.3) is 0 Å². The highest BCUT2D eigenvalue weighted by atomic mass is 19.3. The van der Waals surface area contributed by atoms with Crippen LogP contribution >= 0.6 is 0 Å². The Bertz CT molecular complexity index is 1460. The van der Waals surface area contributed by atoms with Crippen LogP contribution in [-0.2, 0) is 6.42 Å². The lowest BCUT2D eigenvalue weighted by Gasteiger charge is -2.39. The Morgan fingerprint density at radius 3 is 2.61 bits per heavy atom. The molecule has 4 aromatic rings. The lowest BCUT2D eigenvalue weighted by atomic mass is 9.94. The summed E-state index contributed by atoms with van der Waals surface area (Å²) in [6, 6.07) is 18.3. The molecule has 0 aliphatic carbocycles. The molecule has 5 nitrogen and oxygen atoms in total. The molecule has 0 saturated carbocycles. The number of anilines is 1. The molecule has 1 aliphatic rings. The van der Waals surface area contributed by atoms with Gasteiger partial charge >= 0.3 is 6.55 Å². The fraction of sp³-hybridized carbons (Fsp3) is 0.214. The summed E-state index contributed by atoms with van der Waals surface area (Å²) >= 11 is 0. The number of aromatic nitrogens is 2. The largest absolute Gasteiger partial charge is 0.487 e. The lowest BCUT2D eigenvalue weighted by Crippen LogP contribution is -2.55. The molecule has 3 aromatic carbocycles. The first-order valence-electron chi connectivity index (χ1n) is 11.6. The van der Waals surface area contributed by atoms with Crippen molar-refractivity contribution in [3.63, 3.8) is 0 Å². The van der Waals surface area contributed by atoms with E-state index in [0.29, 0.717) is 47.4 Å². The molecule has 0 bridgehead atoms. The molecule has 5 rings (SSSR count). The summed E-state index contributed by atoms with van der Waals surface area (Å²) in [5, 5.41) is 8.62. The lowest BCUT2D eigenvalue weighted by molar-refractivity contribution is 0.0735. The summed E-state index contributed by atoms with van der Waals surface area (Å²) in [6.07, 6.45) is 0.349. The number of rotatable bonds is 8. The van der Waals surface area contributed by atoms with Crippen molar-refractivity contribution in [2.45, 2.75) is 26.0 Å². The molecule has 1 saturated heterocycles. The van der Waals surface area contributed by atoms with Gasteiger partial charge in [-0.1, -0.05) is 36.4 Å². The van der Waals surface area contributed by atoms with E-state index in [1.54, 1.807) is 53.4 Å². The van der Waals surface area contributed by atoms with Gasteiger partial charge in [0.15, 0.2) is 0 Å². The number of nitrogens with zero attached hydrogens (tertiary/aromatic N) is 3. The van der Waals surface area contributed by atoms with E-state index in [0.717, 1.165) is 15.7 Å². The minimum absolute atomic E-state index is 0.192. The number of hydrogen-bond acceptors (Lipinski definition) is 4. The first-order chi connectivity index (χ1) is 17.3. The van der Waals surface area contributed by atoms with E-state index in [2.05, 4.69) is 11.6 Å². The number of alkyl halides is 2.